The minimum atomic E-state index is -0.901. The van der Waals surface area contributed by atoms with Gasteiger partial charge in [-0.1, -0.05) is 0 Å². The van der Waals surface area contributed by atoms with Crippen LogP contribution in [0, 0.1) is 0 Å². The van der Waals surface area contributed by atoms with E-state index in [1.54, 1.807) is 12.3 Å². The number of carbonyl (C=O) groups is 1. The highest BCUT2D eigenvalue weighted by atomic mass is 16.4. The van der Waals surface area contributed by atoms with Gasteiger partial charge in [0.15, 0.2) is 0 Å². The van der Waals surface area contributed by atoms with Gasteiger partial charge in [0.25, 0.3) is 0 Å². The van der Waals surface area contributed by atoms with Gasteiger partial charge in [-0.15, -0.1) is 0 Å². The smallest absolute Gasteiger partial charge is 0.337 e. The highest BCUT2D eigenvalue weighted by Crippen LogP contribution is 2.25. The molecule has 1 aliphatic rings. The van der Waals surface area contributed by atoms with Crippen LogP contribution in [0.4, 0.5) is 0 Å². The second-order valence-corrected chi connectivity index (χ2v) is 3.42. The summed E-state index contributed by atoms with van der Waals surface area (Å²) in [7, 11) is 0. The van der Waals surface area contributed by atoms with Crippen LogP contribution in [0.2, 0.25) is 0 Å². The standard InChI is InChI=1S/C10H12N2O2/c13-10(14)8-6-11-5-3-7(8)9-2-1-4-12-9/h3,5-6,9,12H,1-2,4H2,(H,13,14)/t9-/m0/s1. The minimum Gasteiger partial charge on any atom is -0.478 e. The number of hydrogen-bond acceptors (Lipinski definition) is 3. The number of hydrogen-bond donors (Lipinski definition) is 2. The second-order valence-electron chi connectivity index (χ2n) is 3.42. The number of rotatable bonds is 2. The van der Waals surface area contributed by atoms with Crippen LogP contribution in [-0.2, 0) is 0 Å². The summed E-state index contributed by atoms with van der Waals surface area (Å²) in [5, 5.41) is 12.2. The molecule has 1 saturated heterocycles. The van der Waals surface area contributed by atoms with E-state index in [2.05, 4.69) is 10.3 Å². The maximum atomic E-state index is 10.9. The highest BCUT2D eigenvalue weighted by Gasteiger charge is 2.21. The van der Waals surface area contributed by atoms with Gasteiger partial charge < -0.3 is 10.4 Å². The first-order valence-corrected chi connectivity index (χ1v) is 4.69. The molecule has 0 aliphatic carbocycles. The molecule has 4 heteroatoms. The Balaban J connectivity index is 2.35. The summed E-state index contributed by atoms with van der Waals surface area (Å²) in [5.74, 6) is -0.901. The van der Waals surface area contributed by atoms with E-state index in [0.717, 1.165) is 24.9 Å². The van der Waals surface area contributed by atoms with Gasteiger partial charge in [-0.05, 0) is 31.0 Å². The lowest BCUT2D eigenvalue weighted by Gasteiger charge is -2.12. The van der Waals surface area contributed by atoms with E-state index in [4.69, 9.17) is 5.11 Å². The third kappa shape index (κ3) is 1.61. The molecular formula is C10H12N2O2. The van der Waals surface area contributed by atoms with Gasteiger partial charge in [-0.25, -0.2) is 4.79 Å². The van der Waals surface area contributed by atoms with E-state index in [0.29, 0.717) is 5.56 Å². The highest BCUT2D eigenvalue weighted by molar-refractivity contribution is 5.89. The molecule has 2 N–H and O–H groups in total. The van der Waals surface area contributed by atoms with Crippen molar-refractivity contribution >= 4 is 5.97 Å². The van der Waals surface area contributed by atoms with E-state index < -0.39 is 5.97 Å². The van der Waals surface area contributed by atoms with Crippen molar-refractivity contribution in [2.24, 2.45) is 0 Å². The lowest BCUT2D eigenvalue weighted by atomic mass is 10.0. The lowest BCUT2D eigenvalue weighted by Crippen LogP contribution is -2.16. The summed E-state index contributed by atoms with van der Waals surface area (Å²) in [6.45, 7) is 0.964. The zero-order chi connectivity index (χ0) is 9.97. The SMILES string of the molecule is O=C(O)c1cnccc1[C@@H]1CCCN1. The Morgan fingerprint density at radius 1 is 1.64 bits per heavy atom. The molecule has 1 fully saturated rings. The molecular weight excluding hydrogens is 180 g/mol. The van der Waals surface area contributed by atoms with Crippen LogP contribution in [0.25, 0.3) is 0 Å². The molecule has 0 aromatic carbocycles. The van der Waals surface area contributed by atoms with Crippen molar-refractivity contribution in [2.75, 3.05) is 6.54 Å². The molecule has 2 rings (SSSR count). The number of aromatic carboxylic acids is 1. The summed E-state index contributed by atoms with van der Waals surface area (Å²) < 4.78 is 0. The third-order valence-electron chi connectivity index (χ3n) is 2.52. The zero-order valence-corrected chi connectivity index (χ0v) is 7.73. The van der Waals surface area contributed by atoms with E-state index in [1.807, 2.05) is 0 Å². The number of nitrogens with one attached hydrogen (secondary N) is 1. The first-order valence-electron chi connectivity index (χ1n) is 4.69. The molecule has 0 amide bonds. The minimum absolute atomic E-state index is 0.184. The van der Waals surface area contributed by atoms with Gasteiger partial charge in [-0.3, -0.25) is 4.98 Å². The quantitative estimate of drug-likeness (QED) is 0.739. The van der Waals surface area contributed by atoms with Crippen LogP contribution in [-0.4, -0.2) is 22.6 Å². The van der Waals surface area contributed by atoms with Crippen LogP contribution < -0.4 is 5.32 Å². The van der Waals surface area contributed by atoms with Crippen molar-refractivity contribution < 1.29 is 9.90 Å². The Kier molecular flexibility index (Phi) is 2.45. The summed E-state index contributed by atoms with van der Waals surface area (Å²) in [6, 6.07) is 1.97. The summed E-state index contributed by atoms with van der Waals surface area (Å²) in [4.78, 5) is 14.7. The Morgan fingerprint density at radius 2 is 2.50 bits per heavy atom. The predicted molar refractivity (Wildman–Crippen MR) is 51.2 cm³/mol. The van der Waals surface area contributed by atoms with E-state index in [1.165, 1.54) is 6.20 Å². The molecule has 2 heterocycles. The van der Waals surface area contributed by atoms with Crippen molar-refractivity contribution in [2.45, 2.75) is 18.9 Å². The Bertz CT molecular complexity index is 346. The number of aromatic nitrogens is 1. The fourth-order valence-electron chi connectivity index (χ4n) is 1.84. The number of nitrogens with zero attached hydrogens (tertiary/aromatic N) is 1. The molecule has 1 aromatic heterocycles. The van der Waals surface area contributed by atoms with Gasteiger partial charge in [0.1, 0.15) is 0 Å². The van der Waals surface area contributed by atoms with Crippen LogP contribution in [0.1, 0.15) is 34.8 Å². The number of pyridine rings is 1. The normalized spacial score (nSPS) is 21.0. The largest absolute Gasteiger partial charge is 0.478 e. The fourth-order valence-corrected chi connectivity index (χ4v) is 1.84. The maximum Gasteiger partial charge on any atom is 0.337 e. The van der Waals surface area contributed by atoms with E-state index in [-0.39, 0.29) is 6.04 Å². The molecule has 0 bridgehead atoms. The van der Waals surface area contributed by atoms with Crippen molar-refractivity contribution in [3.8, 4) is 0 Å². The summed E-state index contributed by atoms with van der Waals surface area (Å²) in [6.07, 6.45) is 5.16. The van der Waals surface area contributed by atoms with Gasteiger partial charge in [0, 0.05) is 18.4 Å². The molecule has 74 valence electrons. The monoisotopic (exact) mass is 192 g/mol. The molecule has 0 radical (unpaired) electrons. The van der Waals surface area contributed by atoms with Crippen LogP contribution in [0.3, 0.4) is 0 Å². The maximum absolute atomic E-state index is 10.9. The van der Waals surface area contributed by atoms with Crippen LogP contribution in [0.15, 0.2) is 18.5 Å². The molecule has 0 spiro atoms. The van der Waals surface area contributed by atoms with Crippen molar-refractivity contribution in [3.05, 3.63) is 29.6 Å². The molecule has 4 nitrogen and oxygen atoms in total. The van der Waals surface area contributed by atoms with Crippen LogP contribution in [0.5, 0.6) is 0 Å². The summed E-state index contributed by atoms with van der Waals surface area (Å²) >= 11 is 0. The molecule has 0 unspecified atom stereocenters. The van der Waals surface area contributed by atoms with Crippen molar-refractivity contribution in [1.82, 2.24) is 10.3 Å². The van der Waals surface area contributed by atoms with Crippen molar-refractivity contribution in [1.29, 1.82) is 0 Å². The van der Waals surface area contributed by atoms with Crippen molar-refractivity contribution in [3.63, 3.8) is 0 Å². The zero-order valence-electron chi connectivity index (χ0n) is 7.73. The second kappa shape index (κ2) is 3.75. The summed E-state index contributed by atoms with van der Waals surface area (Å²) in [5.41, 5.74) is 1.16. The number of carboxylic acids is 1. The molecule has 14 heavy (non-hydrogen) atoms. The molecule has 1 aromatic rings. The average molecular weight is 192 g/mol. The Hall–Kier alpha value is -1.42. The van der Waals surface area contributed by atoms with Gasteiger partial charge in [0.2, 0.25) is 0 Å². The van der Waals surface area contributed by atoms with E-state index in [9.17, 15) is 4.79 Å². The predicted octanol–water partition coefficient (Wildman–Crippen LogP) is 1.20. The Labute approximate surface area is 82.0 Å². The number of carboxylic acid groups (broad SMARTS) is 1. The lowest BCUT2D eigenvalue weighted by molar-refractivity contribution is 0.0694. The van der Waals surface area contributed by atoms with Gasteiger partial charge in [0.05, 0.1) is 5.56 Å². The third-order valence-corrected chi connectivity index (χ3v) is 2.52. The molecule has 0 saturated carbocycles. The van der Waals surface area contributed by atoms with Crippen LogP contribution >= 0.6 is 0 Å². The van der Waals surface area contributed by atoms with Gasteiger partial charge >= 0.3 is 5.97 Å². The average Bonchev–Trinajstić information content (AvgIpc) is 2.70. The molecule has 1 aliphatic heterocycles. The fraction of sp³-hybridized carbons (Fsp3) is 0.400. The first kappa shape index (κ1) is 9.15. The first-order chi connectivity index (χ1) is 6.79. The van der Waals surface area contributed by atoms with E-state index >= 15 is 0 Å². The van der Waals surface area contributed by atoms with Gasteiger partial charge in [-0.2, -0.15) is 0 Å². The topological polar surface area (TPSA) is 62.2 Å². The molecule has 1 atom stereocenters. The Morgan fingerprint density at radius 3 is 3.14 bits per heavy atom.